The summed E-state index contributed by atoms with van der Waals surface area (Å²) in [6.45, 7) is -0.680. The van der Waals surface area contributed by atoms with Crippen molar-refractivity contribution in [1.82, 2.24) is 15.5 Å². The van der Waals surface area contributed by atoms with Crippen LogP contribution < -0.4 is 10.1 Å². The number of halogens is 5. The van der Waals surface area contributed by atoms with Crippen molar-refractivity contribution in [3.05, 3.63) is 40.8 Å². The number of amides is 1. The number of aromatic nitrogens is 2. The second kappa shape index (κ2) is 7.31. The second-order valence-corrected chi connectivity index (χ2v) is 9.22. The third-order valence-electron chi connectivity index (χ3n) is 6.29. The largest absolute Gasteiger partial charge is 0.522 e. The monoisotopic (exact) mass is 475 g/mol. The van der Waals surface area contributed by atoms with E-state index in [0.717, 1.165) is 6.07 Å². The van der Waals surface area contributed by atoms with Gasteiger partial charge in [0.2, 0.25) is 11.8 Å². The quantitative estimate of drug-likeness (QED) is 0.583. The van der Waals surface area contributed by atoms with Crippen molar-refractivity contribution in [2.24, 2.45) is 5.92 Å². The lowest BCUT2D eigenvalue weighted by Gasteiger charge is -2.68. The number of carbonyl (C=O) groups excluding carboxylic acids is 1. The number of nitrogens with zero attached hydrogens (tertiary/aromatic N) is 2. The Bertz CT molecular complexity index is 1040. The number of nitrogens with one attached hydrogen (secondary N) is 1. The SMILES string of the molecule is O=C(COc1ccc(Cl)c(F)c1)NC12CC(c3nnc([C@@H]4CC4COC(F)(F)F)o3)(C1)C2. The molecule has 4 aliphatic carbocycles. The van der Waals surface area contributed by atoms with E-state index in [1.807, 2.05) is 0 Å². The van der Waals surface area contributed by atoms with Crippen LogP contribution in [-0.2, 0) is 14.9 Å². The molecule has 1 aromatic carbocycles. The van der Waals surface area contributed by atoms with Crippen LogP contribution in [0.5, 0.6) is 5.75 Å². The highest BCUT2D eigenvalue weighted by atomic mass is 35.5. The third kappa shape index (κ3) is 4.03. The summed E-state index contributed by atoms with van der Waals surface area (Å²) in [6, 6.07) is 3.93. The summed E-state index contributed by atoms with van der Waals surface area (Å²) in [5.41, 5.74) is -0.658. The Kier molecular flexibility index (Phi) is 4.90. The average molecular weight is 476 g/mol. The van der Waals surface area contributed by atoms with E-state index in [1.165, 1.54) is 12.1 Å². The van der Waals surface area contributed by atoms with Gasteiger partial charge in [0.1, 0.15) is 11.6 Å². The van der Waals surface area contributed by atoms with Gasteiger partial charge in [-0.15, -0.1) is 23.4 Å². The molecule has 6 rings (SSSR count). The average Bonchev–Trinajstić information content (AvgIpc) is 3.29. The Labute approximate surface area is 184 Å². The van der Waals surface area contributed by atoms with E-state index in [9.17, 15) is 22.4 Å². The molecule has 4 aliphatic rings. The fourth-order valence-electron chi connectivity index (χ4n) is 4.73. The number of carbonyl (C=O) groups is 1. The molecule has 1 N–H and O–H groups in total. The van der Waals surface area contributed by atoms with Gasteiger partial charge in [0.05, 0.1) is 17.0 Å². The van der Waals surface area contributed by atoms with Crippen LogP contribution in [0.4, 0.5) is 17.6 Å². The van der Waals surface area contributed by atoms with Gasteiger partial charge in [0, 0.05) is 17.5 Å². The van der Waals surface area contributed by atoms with E-state index in [0.29, 0.717) is 37.5 Å². The van der Waals surface area contributed by atoms with Crippen LogP contribution in [0.1, 0.15) is 43.4 Å². The fraction of sp³-hybridized carbons (Fsp3) is 0.550. The van der Waals surface area contributed by atoms with Crippen molar-refractivity contribution in [3.63, 3.8) is 0 Å². The standard InChI is InChI=1S/C20H18ClF4N3O4/c21-13-2-1-11(4-14(13)22)30-6-15(29)26-19-7-18(8-19,9-19)17-28-27-16(32-17)12-3-10(12)5-31-20(23,24)25/h1-2,4,10,12H,3,5-9H2,(H,26,29)/t10?,12-,18?,19?/m1/s1. The molecule has 1 aromatic heterocycles. The molecule has 4 saturated carbocycles. The summed E-state index contributed by atoms with van der Waals surface area (Å²) in [7, 11) is 0. The molecule has 0 aliphatic heterocycles. The Morgan fingerprint density at radius 3 is 2.72 bits per heavy atom. The molecule has 2 bridgehead atoms. The van der Waals surface area contributed by atoms with Crippen LogP contribution in [0.2, 0.25) is 5.02 Å². The Morgan fingerprint density at radius 2 is 2.03 bits per heavy atom. The molecule has 0 spiro atoms. The first-order valence-electron chi connectivity index (χ1n) is 10.00. The van der Waals surface area contributed by atoms with Gasteiger partial charge in [-0.1, -0.05) is 11.6 Å². The van der Waals surface area contributed by atoms with Gasteiger partial charge in [-0.25, -0.2) is 4.39 Å². The Hall–Kier alpha value is -2.40. The van der Waals surface area contributed by atoms with E-state index in [4.69, 9.17) is 20.8 Å². The van der Waals surface area contributed by atoms with Crippen LogP contribution in [0.3, 0.4) is 0 Å². The van der Waals surface area contributed by atoms with E-state index < -0.39 is 18.8 Å². The fourth-order valence-corrected chi connectivity index (χ4v) is 4.85. The summed E-state index contributed by atoms with van der Waals surface area (Å²) in [5.74, 6) is -0.456. The van der Waals surface area contributed by atoms with E-state index in [2.05, 4.69) is 20.3 Å². The molecule has 4 fully saturated rings. The van der Waals surface area contributed by atoms with Gasteiger partial charge in [-0.2, -0.15) is 0 Å². The normalized spacial score (nSPS) is 30.3. The van der Waals surface area contributed by atoms with Crippen molar-refractivity contribution >= 4 is 17.5 Å². The van der Waals surface area contributed by atoms with Crippen molar-refractivity contribution in [2.75, 3.05) is 13.2 Å². The van der Waals surface area contributed by atoms with E-state index in [-0.39, 0.29) is 46.1 Å². The van der Waals surface area contributed by atoms with Crippen LogP contribution >= 0.6 is 11.6 Å². The zero-order chi connectivity index (χ0) is 22.7. The van der Waals surface area contributed by atoms with Crippen molar-refractivity contribution in [2.45, 2.75) is 48.9 Å². The lowest BCUT2D eigenvalue weighted by molar-refractivity contribution is -0.326. The number of ether oxygens (including phenoxy) is 2. The topological polar surface area (TPSA) is 86.5 Å². The molecular formula is C20H18ClF4N3O4. The summed E-state index contributed by atoms with van der Waals surface area (Å²) < 4.78 is 64.8. The molecule has 0 radical (unpaired) electrons. The van der Waals surface area contributed by atoms with Gasteiger partial charge >= 0.3 is 6.36 Å². The maximum atomic E-state index is 13.4. The maximum Gasteiger partial charge on any atom is 0.522 e. The number of hydrogen-bond donors (Lipinski definition) is 1. The predicted octanol–water partition coefficient (Wildman–Crippen LogP) is 3.87. The van der Waals surface area contributed by atoms with Gasteiger partial charge in [-0.05, 0) is 43.7 Å². The lowest BCUT2D eigenvalue weighted by atomic mass is 9.39. The summed E-state index contributed by atoms with van der Waals surface area (Å²) in [4.78, 5) is 12.2. The predicted molar refractivity (Wildman–Crippen MR) is 100 cm³/mol. The van der Waals surface area contributed by atoms with Crippen LogP contribution in [0.15, 0.2) is 22.6 Å². The van der Waals surface area contributed by atoms with Gasteiger partial charge in [0.25, 0.3) is 5.91 Å². The molecule has 0 saturated heterocycles. The summed E-state index contributed by atoms with van der Waals surface area (Å²) >= 11 is 5.61. The highest BCUT2D eigenvalue weighted by Crippen LogP contribution is 2.67. The lowest BCUT2D eigenvalue weighted by Crippen LogP contribution is -2.77. The highest BCUT2D eigenvalue weighted by molar-refractivity contribution is 6.30. The minimum absolute atomic E-state index is 0.0306. The molecule has 1 unspecified atom stereocenters. The number of alkyl halides is 3. The first kappa shape index (κ1) is 21.4. The second-order valence-electron chi connectivity index (χ2n) is 8.81. The number of benzene rings is 1. The van der Waals surface area contributed by atoms with Crippen molar-refractivity contribution in [1.29, 1.82) is 0 Å². The number of rotatable bonds is 8. The number of hydrogen-bond acceptors (Lipinski definition) is 6. The van der Waals surface area contributed by atoms with Crippen LogP contribution in [0.25, 0.3) is 0 Å². The molecule has 32 heavy (non-hydrogen) atoms. The molecule has 7 nitrogen and oxygen atoms in total. The first-order chi connectivity index (χ1) is 15.1. The molecule has 1 amide bonds. The van der Waals surface area contributed by atoms with Crippen molar-refractivity contribution in [3.8, 4) is 5.75 Å². The Balaban J connectivity index is 1.08. The minimum Gasteiger partial charge on any atom is -0.484 e. The van der Waals surface area contributed by atoms with Crippen molar-refractivity contribution < 1.29 is 36.2 Å². The summed E-state index contributed by atoms with van der Waals surface area (Å²) in [5, 5.41) is 11.0. The molecule has 1 heterocycles. The van der Waals surface area contributed by atoms with E-state index in [1.54, 1.807) is 0 Å². The van der Waals surface area contributed by atoms with Gasteiger partial charge in [-0.3, -0.25) is 9.53 Å². The smallest absolute Gasteiger partial charge is 0.484 e. The summed E-state index contributed by atoms with van der Waals surface area (Å²) in [6.07, 6.45) is -2.23. The molecule has 12 heteroatoms. The van der Waals surface area contributed by atoms with E-state index >= 15 is 0 Å². The first-order valence-corrected chi connectivity index (χ1v) is 10.4. The van der Waals surface area contributed by atoms with Gasteiger partial charge < -0.3 is 14.5 Å². The van der Waals surface area contributed by atoms with Crippen LogP contribution in [0, 0.1) is 11.7 Å². The molecule has 2 aromatic rings. The van der Waals surface area contributed by atoms with Gasteiger partial charge in [0.15, 0.2) is 6.61 Å². The Morgan fingerprint density at radius 1 is 1.28 bits per heavy atom. The molecular weight excluding hydrogens is 458 g/mol. The zero-order valence-corrected chi connectivity index (χ0v) is 17.3. The maximum absolute atomic E-state index is 13.4. The zero-order valence-electron chi connectivity index (χ0n) is 16.5. The van der Waals surface area contributed by atoms with Crippen LogP contribution in [-0.4, -0.2) is 41.2 Å². The highest BCUT2D eigenvalue weighted by Gasteiger charge is 2.72. The molecule has 2 atom stereocenters. The third-order valence-corrected chi connectivity index (χ3v) is 6.60. The minimum atomic E-state index is -4.65. The molecule has 172 valence electrons.